The summed E-state index contributed by atoms with van der Waals surface area (Å²) in [4.78, 5) is 46.5. The van der Waals surface area contributed by atoms with E-state index in [0.717, 1.165) is 5.56 Å². The van der Waals surface area contributed by atoms with Gasteiger partial charge in [-0.25, -0.2) is 0 Å². The van der Waals surface area contributed by atoms with Gasteiger partial charge in [0.2, 0.25) is 0 Å². The van der Waals surface area contributed by atoms with Gasteiger partial charge in [0.15, 0.2) is 5.78 Å². The highest BCUT2D eigenvalue weighted by atomic mass is 32.1. The minimum absolute atomic E-state index is 0.0197. The number of carboxylic acids is 2. The zero-order valence-corrected chi connectivity index (χ0v) is 20.8. The lowest BCUT2D eigenvalue weighted by atomic mass is 9.95. The number of Topliss-reactive ketones (excluding diaryl/α,β-unsaturated/α-hetero) is 1. The van der Waals surface area contributed by atoms with E-state index in [1.54, 1.807) is 42.5 Å². The first-order valence-corrected chi connectivity index (χ1v) is 12.2. The van der Waals surface area contributed by atoms with Gasteiger partial charge >= 0.3 is 11.9 Å². The lowest BCUT2D eigenvalue weighted by molar-refractivity contribution is -0.143. The van der Waals surface area contributed by atoms with Crippen molar-refractivity contribution in [3.63, 3.8) is 0 Å². The number of ether oxygens (including phenoxy) is 1. The van der Waals surface area contributed by atoms with Crippen molar-refractivity contribution in [3.8, 4) is 5.75 Å². The van der Waals surface area contributed by atoms with Crippen LogP contribution in [0.2, 0.25) is 0 Å². The third-order valence-electron chi connectivity index (χ3n) is 5.69. The minimum atomic E-state index is -1.03. The number of aliphatic carboxylic acids is 2. The Morgan fingerprint density at radius 1 is 0.861 bits per heavy atom. The Morgan fingerprint density at radius 3 is 2.06 bits per heavy atom. The second kappa shape index (κ2) is 15.4. The molecular formula is C28H30O7S. The van der Waals surface area contributed by atoms with Gasteiger partial charge in [-0.15, -0.1) is 0 Å². The molecule has 0 aromatic heterocycles. The quantitative estimate of drug-likeness (QED) is 0.172. The van der Waals surface area contributed by atoms with Gasteiger partial charge < -0.3 is 14.9 Å². The van der Waals surface area contributed by atoms with Crippen molar-refractivity contribution < 1.29 is 34.1 Å². The number of hydrogen-bond acceptors (Lipinski definition) is 6. The van der Waals surface area contributed by atoms with Crippen LogP contribution in [0.3, 0.4) is 0 Å². The van der Waals surface area contributed by atoms with Crippen LogP contribution in [0.4, 0.5) is 0 Å². The van der Waals surface area contributed by atoms with Gasteiger partial charge in [0.25, 0.3) is 0 Å². The predicted octanol–water partition coefficient (Wildman–Crippen LogP) is 5.08. The lowest BCUT2D eigenvalue weighted by Gasteiger charge is -2.10. The van der Waals surface area contributed by atoms with Crippen LogP contribution in [0.25, 0.3) is 0 Å². The van der Waals surface area contributed by atoms with Crippen LogP contribution in [-0.4, -0.2) is 45.3 Å². The van der Waals surface area contributed by atoms with E-state index in [0.29, 0.717) is 49.2 Å². The van der Waals surface area contributed by atoms with E-state index in [1.807, 2.05) is 12.1 Å². The predicted molar refractivity (Wildman–Crippen MR) is 139 cm³/mol. The Hall–Kier alpha value is -3.61. The van der Waals surface area contributed by atoms with Crippen molar-refractivity contribution in [1.82, 2.24) is 0 Å². The molecule has 0 spiro atoms. The van der Waals surface area contributed by atoms with E-state index >= 15 is 0 Å². The molecule has 0 aliphatic heterocycles. The fourth-order valence-electron chi connectivity index (χ4n) is 3.64. The van der Waals surface area contributed by atoms with Gasteiger partial charge in [-0.1, -0.05) is 29.3 Å². The number of carboxylic acid groups (broad SMARTS) is 2. The molecule has 7 nitrogen and oxygen atoms in total. The van der Waals surface area contributed by atoms with Crippen LogP contribution in [0.15, 0.2) is 54.6 Å². The Kier molecular flexibility index (Phi) is 12.2. The van der Waals surface area contributed by atoms with E-state index in [4.69, 9.17) is 14.9 Å². The summed E-state index contributed by atoms with van der Waals surface area (Å²) in [6.07, 6.45) is 4.10. The van der Waals surface area contributed by atoms with Crippen LogP contribution >= 0.6 is 12.2 Å². The summed E-state index contributed by atoms with van der Waals surface area (Å²) >= 11 is 4.67. The molecule has 0 fully saturated rings. The van der Waals surface area contributed by atoms with Crippen LogP contribution in [-0.2, 0) is 20.8 Å². The Bertz CT molecular complexity index is 1080. The van der Waals surface area contributed by atoms with Crippen molar-refractivity contribution in [2.45, 2.75) is 51.4 Å². The van der Waals surface area contributed by atoms with Crippen LogP contribution in [0, 0.1) is 5.92 Å². The van der Waals surface area contributed by atoms with Crippen LogP contribution in [0.5, 0.6) is 5.75 Å². The third kappa shape index (κ3) is 10.3. The average Bonchev–Trinajstić information content (AvgIpc) is 2.87. The average molecular weight is 511 g/mol. The van der Waals surface area contributed by atoms with Crippen LogP contribution in [0.1, 0.15) is 66.4 Å². The van der Waals surface area contributed by atoms with Crippen molar-refractivity contribution in [3.05, 3.63) is 71.3 Å². The van der Waals surface area contributed by atoms with Gasteiger partial charge in [-0.05, 0) is 80.2 Å². The van der Waals surface area contributed by atoms with E-state index in [2.05, 4.69) is 17.2 Å². The zero-order valence-electron chi connectivity index (χ0n) is 20.0. The number of hydrogen-bond donors (Lipinski definition) is 2. The highest BCUT2D eigenvalue weighted by Crippen LogP contribution is 2.18. The smallest absolute Gasteiger partial charge is 0.306 e. The normalized spacial score (nSPS) is 11.2. The SMILES string of the molecule is O=C(O)CCC(CCCC(=O)CCCOc1ccc(C(=O)c2ccc(CC=C=S)cc2)cc1)C(=O)O. The monoisotopic (exact) mass is 510 g/mol. The van der Waals surface area contributed by atoms with Gasteiger partial charge in [-0.3, -0.25) is 19.2 Å². The molecule has 2 rings (SSSR count). The maximum Gasteiger partial charge on any atom is 0.306 e. The molecular weight excluding hydrogens is 480 g/mol. The highest BCUT2D eigenvalue weighted by molar-refractivity contribution is 7.78. The molecule has 0 amide bonds. The lowest BCUT2D eigenvalue weighted by Crippen LogP contribution is -2.15. The largest absolute Gasteiger partial charge is 0.494 e. The second-order valence-corrected chi connectivity index (χ2v) is 8.66. The first-order chi connectivity index (χ1) is 17.3. The number of benzene rings is 2. The molecule has 2 aromatic rings. The summed E-state index contributed by atoms with van der Waals surface area (Å²) in [7, 11) is 0. The molecule has 36 heavy (non-hydrogen) atoms. The van der Waals surface area contributed by atoms with E-state index < -0.39 is 17.9 Å². The Morgan fingerprint density at radius 2 is 1.47 bits per heavy atom. The highest BCUT2D eigenvalue weighted by Gasteiger charge is 2.18. The summed E-state index contributed by atoms with van der Waals surface area (Å²) in [5, 5.41) is 20.4. The van der Waals surface area contributed by atoms with Gasteiger partial charge in [0, 0.05) is 30.4 Å². The second-order valence-electron chi connectivity index (χ2n) is 8.43. The van der Waals surface area contributed by atoms with Crippen molar-refractivity contribution in [2.24, 2.45) is 5.92 Å². The number of carbonyl (C=O) groups excluding carboxylic acids is 2. The topological polar surface area (TPSA) is 118 Å². The summed E-state index contributed by atoms with van der Waals surface area (Å²) in [5.74, 6) is -2.27. The van der Waals surface area contributed by atoms with E-state index in [1.165, 1.54) is 0 Å². The molecule has 2 aromatic carbocycles. The maximum atomic E-state index is 12.7. The Balaban J connectivity index is 1.70. The molecule has 1 atom stereocenters. The molecule has 0 bridgehead atoms. The van der Waals surface area contributed by atoms with Gasteiger partial charge in [0.1, 0.15) is 11.5 Å². The Labute approximate surface area is 215 Å². The molecule has 8 heteroatoms. The zero-order chi connectivity index (χ0) is 26.3. The summed E-state index contributed by atoms with van der Waals surface area (Å²) in [6, 6.07) is 14.2. The van der Waals surface area contributed by atoms with Gasteiger partial charge in [-0.2, -0.15) is 0 Å². The third-order valence-corrected chi connectivity index (χ3v) is 5.85. The first-order valence-electron chi connectivity index (χ1n) is 11.8. The number of thiocarbonyl (C=S) groups is 1. The fourth-order valence-corrected chi connectivity index (χ4v) is 3.72. The first kappa shape index (κ1) is 28.6. The number of ketones is 2. The van der Waals surface area contributed by atoms with Crippen molar-refractivity contribution in [2.75, 3.05) is 6.61 Å². The summed E-state index contributed by atoms with van der Waals surface area (Å²) < 4.78 is 5.66. The van der Waals surface area contributed by atoms with Crippen LogP contribution < -0.4 is 4.74 Å². The molecule has 0 saturated carbocycles. The van der Waals surface area contributed by atoms with Crippen molar-refractivity contribution in [1.29, 1.82) is 0 Å². The van der Waals surface area contributed by atoms with E-state index in [9.17, 15) is 19.2 Å². The number of rotatable bonds is 17. The molecule has 0 heterocycles. The maximum absolute atomic E-state index is 12.7. The minimum Gasteiger partial charge on any atom is -0.494 e. The molecule has 190 valence electrons. The molecule has 0 saturated heterocycles. The van der Waals surface area contributed by atoms with Gasteiger partial charge in [0.05, 0.1) is 12.5 Å². The van der Waals surface area contributed by atoms with E-state index in [-0.39, 0.29) is 37.2 Å². The molecule has 0 radical (unpaired) electrons. The summed E-state index contributed by atoms with van der Waals surface area (Å²) in [6.45, 7) is 0.340. The molecule has 0 aliphatic rings. The number of allylic oxidation sites excluding steroid dienone is 1. The summed E-state index contributed by atoms with van der Waals surface area (Å²) in [5.41, 5.74) is 2.19. The molecule has 0 aliphatic carbocycles. The standard InChI is InChI=1S/C28H30O7S/c29-24(6-1-5-23(28(33)34)14-17-26(30)31)7-2-18-35-25-15-12-22(13-16-25)27(32)21-10-8-20(9-11-21)4-3-19-36/h3,8-13,15-16,23H,1-2,4-7,14,17-18H2,(H,30,31)(H,33,34). The fraction of sp³-hybridized carbons (Fsp3) is 0.357. The number of carbonyl (C=O) groups is 4. The van der Waals surface area contributed by atoms with Crippen molar-refractivity contribution >= 4 is 40.7 Å². The molecule has 1 unspecified atom stereocenters. The molecule has 2 N–H and O–H groups in total.